The van der Waals surface area contributed by atoms with E-state index in [4.69, 9.17) is 4.98 Å². The van der Waals surface area contributed by atoms with Gasteiger partial charge in [0.1, 0.15) is 0 Å². The van der Waals surface area contributed by atoms with Gasteiger partial charge < -0.3 is 5.11 Å². The molecule has 2 saturated carbocycles. The summed E-state index contributed by atoms with van der Waals surface area (Å²) in [4.78, 5) is 16.7. The van der Waals surface area contributed by atoms with E-state index < -0.39 is 0 Å². The molecule has 3 nitrogen and oxygen atoms in total. The number of allylic oxidation sites excluding steroid dienone is 2. The van der Waals surface area contributed by atoms with Gasteiger partial charge in [0, 0.05) is 43.4 Å². The van der Waals surface area contributed by atoms with Crippen molar-refractivity contribution in [1.29, 1.82) is 0 Å². The fraction of sp³-hybridized carbons (Fsp3) is 0.389. The van der Waals surface area contributed by atoms with Crippen molar-refractivity contribution in [2.24, 2.45) is 11.8 Å². The summed E-state index contributed by atoms with van der Waals surface area (Å²) in [6.07, 6.45) is 14.0. The van der Waals surface area contributed by atoms with Crippen LogP contribution in [0.5, 0.6) is 0 Å². The van der Waals surface area contributed by atoms with Crippen LogP contribution < -0.4 is 0 Å². The van der Waals surface area contributed by atoms with Crippen LogP contribution in [0.2, 0.25) is 0 Å². The van der Waals surface area contributed by atoms with Crippen molar-refractivity contribution in [3.63, 3.8) is 0 Å². The molecule has 1 radical (unpaired) electrons. The molecule has 4 aromatic rings. The van der Waals surface area contributed by atoms with Gasteiger partial charge in [0.25, 0.3) is 0 Å². The number of aryl methyl sites for hydroxylation is 2. The molecule has 0 bridgehead atoms. The van der Waals surface area contributed by atoms with Crippen molar-refractivity contribution in [2.75, 3.05) is 0 Å². The Morgan fingerprint density at radius 3 is 2.33 bits per heavy atom. The third kappa shape index (κ3) is 6.40. The number of carbonyl (C=O) groups is 1. The number of fused-ring (bicyclic) bond motifs is 1. The molecule has 0 unspecified atom stereocenters. The van der Waals surface area contributed by atoms with E-state index in [1.807, 2.05) is 6.07 Å². The second-order valence-corrected chi connectivity index (χ2v) is 11.2. The Labute approximate surface area is 252 Å². The Balaban J connectivity index is 0.000000192. The van der Waals surface area contributed by atoms with E-state index in [1.165, 1.54) is 71.9 Å². The minimum absolute atomic E-state index is 0. The van der Waals surface area contributed by atoms with Gasteiger partial charge in [0.2, 0.25) is 0 Å². The van der Waals surface area contributed by atoms with Crippen LogP contribution in [0.4, 0.5) is 0 Å². The van der Waals surface area contributed by atoms with E-state index in [-0.39, 0.29) is 45.2 Å². The van der Waals surface area contributed by atoms with Gasteiger partial charge in [0.05, 0.1) is 11.3 Å². The number of aromatic nitrogens is 1. The molecule has 4 heteroatoms. The van der Waals surface area contributed by atoms with E-state index >= 15 is 0 Å². The fourth-order valence-corrected chi connectivity index (χ4v) is 6.64. The third-order valence-corrected chi connectivity index (χ3v) is 8.69. The molecule has 40 heavy (non-hydrogen) atoms. The van der Waals surface area contributed by atoms with Gasteiger partial charge in [-0.05, 0) is 67.8 Å². The quantitative estimate of drug-likeness (QED) is 0.131. The van der Waals surface area contributed by atoms with Crippen LogP contribution in [-0.4, -0.2) is 15.9 Å². The number of nitrogens with zero attached hydrogens (tertiary/aromatic N) is 1. The minimum atomic E-state index is 0. The van der Waals surface area contributed by atoms with Crippen LogP contribution in [0.15, 0.2) is 72.5 Å². The first-order valence-electron chi connectivity index (χ1n) is 14.4. The Hall–Kier alpha value is -2.81. The first-order valence-corrected chi connectivity index (χ1v) is 14.4. The maximum absolute atomic E-state index is 11.8. The molecule has 1 N–H and O–H groups in total. The largest absolute Gasteiger partial charge is 0.512 e. The zero-order valence-electron chi connectivity index (χ0n) is 22.4. The van der Waals surface area contributed by atoms with Gasteiger partial charge in [-0.15, -0.1) is 29.1 Å². The fourth-order valence-electron chi connectivity index (χ4n) is 6.64. The van der Waals surface area contributed by atoms with E-state index in [0.717, 1.165) is 48.9 Å². The minimum Gasteiger partial charge on any atom is -0.512 e. The van der Waals surface area contributed by atoms with Crippen LogP contribution in [0.3, 0.4) is 0 Å². The molecule has 3 aliphatic carbocycles. The van der Waals surface area contributed by atoms with Gasteiger partial charge >= 0.3 is 0 Å². The Morgan fingerprint density at radius 1 is 0.850 bits per heavy atom. The first kappa shape index (κ1) is 30.2. The summed E-state index contributed by atoms with van der Waals surface area (Å²) in [5, 5.41) is 13.7. The van der Waals surface area contributed by atoms with Crippen molar-refractivity contribution in [3.8, 4) is 11.3 Å². The topological polar surface area (TPSA) is 50.2 Å². The summed E-state index contributed by atoms with van der Waals surface area (Å²) in [5.74, 6) is 0.991. The number of benzene rings is 3. The van der Waals surface area contributed by atoms with E-state index in [2.05, 4.69) is 60.7 Å². The molecule has 3 aliphatic rings. The number of carbonyl (C=O) groups excluding carboxylic acids is 1. The average molecular weight is 711 g/mol. The Bertz CT molecular complexity index is 1490. The standard InChI is InChI=1S/C22H16N.C13H20O2.CH4.Ir/c1-2-11-18-15(6-1)7-4-12-19(18)21-14-17-10-3-8-16-9-5-13-20(23-21)22(16)17;14-12(10-5-1-2-6-10)9-13(15)11-7-3-4-8-11;;/h1-2,4-7,9,11,13-14H,3,8,10H2;9-11,14H,1-8H2;1H4;/q-1;;;. The van der Waals surface area contributed by atoms with Crippen LogP contribution in [0.25, 0.3) is 32.9 Å². The van der Waals surface area contributed by atoms with Crippen molar-refractivity contribution in [2.45, 2.75) is 78.1 Å². The normalized spacial score (nSPS) is 17.1. The maximum Gasteiger partial charge on any atom is 0.162 e. The van der Waals surface area contributed by atoms with Crippen LogP contribution in [-0.2, 0) is 37.7 Å². The molecule has 0 saturated heterocycles. The predicted molar refractivity (Wildman–Crippen MR) is 162 cm³/mol. The number of hydrogen-bond donors (Lipinski definition) is 1. The molecule has 2 fully saturated rings. The molecule has 7 rings (SSSR count). The van der Waals surface area contributed by atoms with Crippen LogP contribution in [0.1, 0.15) is 76.3 Å². The van der Waals surface area contributed by atoms with Gasteiger partial charge in [-0.2, -0.15) is 0 Å². The zero-order chi connectivity index (χ0) is 25.9. The number of aliphatic hydroxyl groups is 1. The number of hydrogen-bond acceptors (Lipinski definition) is 3. The molecular formula is C36H40IrNO2-. The molecule has 0 atom stereocenters. The van der Waals surface area contributed by atoms with Crippen molar-refractivity contribution >= 4 is 27.5 Å². The number of aliphatic hydroxyl groups excluding tert-OH is 1. The summed E-state index contributed by atoms with van der Waals surface area (Å²) in [7, 11) is 0. The summed E-state index contributed by atoms with van der Waals surface area (Å²) < 4.78 is 0. The second kappa shape index (κ2) is 13.7. The summed E-state index contributed by atoms with van der Waals surface area (Å²) in [6.45, 7) is 0. The zero-order valence-corrected chi connectivity index (χ0v) is 24.8. The molecule has 0 aliphatic heterocycles. The molecular weight excluding hydrogens is 671 g/mol. The van der Waals surface area contributed by atoms with Crippen molar-refractivity contribution < 1.29 is 30.0 Å². The maximum atomic E-state index is 11.8. The summed E-state index contributed by atoms with van der Waals surface area (Å²) in [5.41, 5.74) is 6.16. The Morgan fingerprint density at radius 2 is 1.55 bits per heavy atom. The SMILES string of the molecule is C.O=C(C=C(O)C1CCCC1)C1CCCC1.[Ir].[c-]1ccc2ccccc2c1-c1cc2c3c(cccc3n1)CCC2. The number of rotatable bonds is 4. The predicted octanol–water partition coefficient (Wildman–Crippen LogP) is 9.36. The average Bonchev–Trinajstić information content (AvgIpc) is 3.69. The van der Waals surface area contributed by atoms with Crippen LogP contribution in [0, 0.1) is 17.9 Å². The van der Waals surface area contributed by atoms with E-state index in [0.29, 0.717) is 5.76 Å². The molecule has 1 aromatic heterocycles. The molecule has 1 heterocycles. The summed E-state index contributed by atoms with van der Waals surface area (Å²) in [6, 6.07) is 24.8. The summed E-state index contributed by atoms with van der Waals surface area (Å²) >= 11 is 0. The number of pyridine rings is 1. The van der Waals surface area contributed by atoms with E-state index in [9.17, 15) is 9.90 Å². The molecule has 211 valence electrons. The van der Waals surface area contributed by atoms with Crippen molar-refractivity contribution in [3.05, 3.63) is 89.7 Å². The first-order chi connectivity index (χ1) is 18.7. The van der Waals surface area contributed by atoms with Crippen molar-refractivity contribution in [1.82, 2.24) is 4.98 Å². The molecule has 0 spiro atoms. The van der Waals surface area contributed by atoms with E-state index in [1.54, 1.807) is 0 Å². The second-order valence-electron chi connectivity index (χ2n) is 11.2. The number of ketones is 1. The van der Waals surface area contributed by atoms with Gasteiger partial charge in [-0.3, -0.25) is 9.78 Å². The Kier molecular flexibility index (Phi) is 10.3. The third-order valence-electron chi connectivity index (χ3n) is 8.69. The molecule has 0 amide bonds. The molecule has 3 aromatic carbocycles. The van der Waals surface area contributed by atoms with Gasteiger partial charge in [-0.1, -0.05) is 81.0 Å². The van der Waals surface area contributed by atoms with Gasteiger partial charge in [0.15, 0.2) is 5.78 Å². The van der Waals surface area contributed by atoms with Crippen LogP contribution >= 0.6 is 0 Å². The van der Waals surface area contributed by atoms with Gasteiger partial charge in [-0.25, -0.2) is 0 Å². The monoisotopic (exact) mass is 711 g/mol. The smallest absolute Gasteiger partial charge is 0.162 e.